The largest absolute Gasteiger partial charge is 0.493 e. The number of hydrogen-bond acceptors (Lipinski definition) is 4. The summed E-state index contributed by atoms with van der Waals surface area (Å²) in [6.07, 6.45) is 2.31. The molecule has 102 valence electrons. The number of benzene rings is 1. The van der Waals surface area contributed by atoms with Crippen LogP contribution in [0.25, 0.3) is 0 Å². The molecule has 0 aliphatic rings. The minimum absolute atomic E-state index is 0.260. The van der Waals surface area contributed by atoms with E-state index in [-0.39, 0.29) is 5.92 Å². The first-order valence-electron chi connectivity index (χ1n) is 6.30. The van der Waals surface area contributed by atoms with E-state index in [1.165, 1.54) is 0 Å². The van der Waals surface area contributed by atoms with Crippen molar-refractivity contribution in [3.05, 3.63) is 53.9 Å². The number of ether oxygens (including phenoxy) is 2. The molecule has 0 amide bonds. The molecule has 4 nitrogen and oxygen atoms in total. The van der Waals surface area contributed by atoms with Gasteiger partial charge in [-0.25, -0.2) is 0 Å². The van der Waals surface area contributed by atoms with Crippen LogP contribution in [-0.4, -0.2) is 19.2 Å². The van der Waals surface area contributed by atoms with Crippen molar-refractivity contribution >= 4 is 0 Å². The smallest absolute Gasteiger partial charge is 0.161 e. The SMILES string of the molecule is COc1ccc(C(C#N)Cc2ccccn2)cc1OC. The average molecular weight is 268 g/mol. The van der Waals surface area contributed by atoms with Gasteiger partial charge in [0.1, 0.15) is 0 Å². The molecule has 2 aromatic rings. The summed E-state index contributed by atoms with van der Waals surface area (Å²) in [4.78, 5) is 4.26. The molecule has 0 saturated heterocycles. The van der Waals surface area contributed by atoms with E-state index in [2.05, 4.69) is 11.1 Å². The normalized spacial score (nSPS) is 11.4. The number of pyridine rings is 1. The van der Waals surface area contributed by atoms with Crippen LogP contribution in [0.1, 0.15) is 17.2 Å². The fourth-order valence-corrected chi connectivity index (χ4v) is 2.04. The summed E-state index contributed by atoms with van der Waals surface area (Å²) in [5.74, 6) is 1.03. The first-order valence-corrected chi connectivity index (χ1v) is 6.30. The van der Waals surface area contributed by atoms with Crippen LogP contribution in [0.2, 0.25) is 0 Å². The standard InChI is InChI=1S/C16H16N2O2/c1-19-15-7-6-12(10-16(15)20-2)13(11-17)9-14-5-3-4-8-18-14/h3-8,10,13H,9H2,1-2H3. The lowest BCUT2D eigenvalue weighted by atomic mass is 9.95. The Morgan fingerprint density at radius 1 is 1.15 bits per heavy atom. The summed E-state index contributed by atoms with van der Waals surface area (Å²) in [6, 6.07) is 13.6. The molecule has 0 radical (unpaired) electrons. The van der Waals surface area contributed by atoms with Crippen molar-refractivity contribution in [3.8, 4) is 17.6 Å². The van der Waals surface area contributed by atoms with Gasteiger partial charge in [0.15, 0.2) is 11.5 Å². The molecular weight excluding hydrogens is 252 g/mol. The number of rotatable bonds is 5. The lowest BCUT2D eigenvalue weighted by molar-refractivity contribution is 0.354. The number of methoxy groups -OCH3 is 2. The van der Waals surface area contributed by atoms with Gasteiger partial charge in [-0.1, -0.05) is 12.1 Å². The van der Waals surface area contributed by atoms with Crippen LogP contribution in [-0.2, 0) is 6.42 Å². The van der Waals surface area contributed by atoms with Crippen LogP contribution < -0.4 is 9.47 Å². The molecule has 1 atom stereocenters. The first-order chi connectivity index (χ1) is 9.78. The van der Waals surface area contributed by atoms with Crippen molar-refractivity contribution in [2.75, 3.05) is 14.2 Å². The Labute approximate surface area is 118 Å². The molecule has 0 aliphatic carbocycles. The van der Waals surface area contributed by atoms with Gasteiger partial charge in [-0.3, -0.25) is 4.98 Å². The van der Waals surface area contributed by atoms with Crippen molar-refractivity contribution in [3.63, 3.8) is 0 Å². The molecule has 0 aliphatic heterocycles. The van der Waals surface area contributed by atoms with E-state index in [0.29, 0.717) is 17.9 Å². The maximum Gasteiger partial charge on any atom is 0.161 e. The molecule has 1 unspecified atom stereocenters. The highest BCUT2D eigenvalue weighted by Gasteiger charge is 2.15. The third kappa shape index (κ3) is 3.07. The Morgan fingerprint density at radius 3 is 2.55 bits per heavy atom. The van der Waals surface area contributed by atoms with Crippen molar-refractivity contribution in [1.82, 2.24) is 4.98 Å². The van der Waals surface area contributed by atoms with Crippen LogP contribution in [0.4, 0.5) is 0 Å². The lowest BCUT2D eigenvalue weighted by Gasteiger charge is -2.13. The Hall–Kier alpha value is -2.54. The second kappa shape index (κ2) is 6.58. The highest BCUT2D eigenvalue weighted by molar-refractivity contribution is 5.45. The zero-order chi connectivity index (χ0) is 14.4. The number of aromatic nitrogens is 1. The van der Waals surface area contributed by atoms with E-state index in [1.54, 1.807) is 20.4 Å². The fraction of sp³-hybridized carbons (Fsp3) is 0.250. The van der Waals surface area contributed by atoms with Gasteiger partial charge in [-0.2, -0.15) is 5.26 Å². The Morgan fingerprint density at radius 2 is 1.95 bits per heavy atom. The van der Waals surface area contributed by atoms with Crippen molar-refractivity contribution in [1.29, 1.82) is 5.26 Å². The molecule has 2 rings (SSSR count). The van der Waals surface area contributed by atoms with E-state index in [1.807, 2.05) is 36.4 Å². The third-order valence-corrected chi connectivity index (χ3v) is 3.11. The molecule has 4 heteroatoms. The predicted molar refractivity (Wildman–Crippen MR) is 75.8 cm³/mol. The number of hydrogen-bond donors (Lipinski definition) is 0. The summed E-state index contributed by atoms with van der Waals surface area (Å²) in [5, 5.41) is 9.38. The predicted octanol–water partition coefficient (Wildman–Crippen LogP) is 2.95. The quantitative estimate of drug-likeness (QED) is 0.836. The molecule has 0 bridgehead atoms. The van der Waals surface area contributed by atoms with Crippen LogP contribution in [0.5, 0.6) is 11.5 Å². The van der Waals surface area contributed by atoms with Crippen LogP contribution in [0.15, 0.2) is 42.6 Å². The van der Waals surface area contributed by atoms with Gasteiger partial charge in [0.2, 0.25) is 0 Å². The monoisotopic (exact) mass is 268 g/mol. The van der Waals surface area contributed by atoms with Crippen molar-refractivity contribution in [2.45, 2.75) is 12.3 Å². The molecule has 0 spiro atoms. The molecule has 1 heterocycles. The van der Waals surface area contributed by atoms with Gasteiger partial charge in [-0.05, 0) is 29.8 Å². The van der Waals surface area contributed by atoms with Gasteiger partial charge in [0, 0.05) is 18.3 Å². The topological polar surface area (TPSA) is 55.1 Å². The molecule has 20 heavy (non-hydrogen) atoms. The van der Waals surface area contributed by atoms with Gasteiger partial charge >= 0.3 is 0 Å². The second-order valence-electron chi connectivity index (χ2n) is 4.32. The molecule has 1 aromatic heterocycles. The zero-order valence-corrected chi connectivity index (χ0v) is 11.5. The highest BCUT2D eigenvalue weighted by Crippen LogP contribution is 2.31. The summed E-state index contributed by atoms with van der Waals surface area (Å²) >= 11 is 0. The van der Waals surface area contributed by atoms with Crippen LogP contribution >= 0.6 is 0 Å². The fourth-order valence-electron chi connectivity index (χ4n) is 2.04. The number of nitriles is 1. The van der Waals surface area contributed by atoms with Crippen molar-refractivity contribution in [2.24, 2.45) is 0 Å². The Balaban J connectivity index is 2.26. The molecule has 0 N–H and O–H groups in total. The summed E-state index contributed by atoms with van der Waals surface area (Å²) < 4.78 is 10.5. The minimum Gasteiger partial charge on any atom is -0.493 e. The van der Waals surface area contributed by atoms with Crippen molar-refractivity contribution < 1.29 is 9.47 Å². The van der Waals surface area contributed by atoms with E-state index >= 15 is 0 Å². The second-order valence-corrected chi connectivity index (χ2v) is 4.32. The van der Waals surface area contributed by atoms with E-state index in [4.69, 9.17) is 9.47 Å². The van der Waals surface area contributed by atoms with Crippen LogP contribution in [0, 0.1) is 11.3 Å². The van der Waals surface area contributed by atoms with Crippen LogP contribution in [0.3, 0.4) is 0 Å². The third-order valence-electron chi connectivity index (χ3n) is 3.11. The highest BCUT2D eigenvalue weighted by atomic mass is 16.5. The first kappa shape index (κ1) is 13.9. The minimum atomic E-state index is -0.260. The molecular formula is C16H16N2O2. The summed E-state index contributed by atoms with van der Waals surface area (Å²) in [7, 11) is 3.18. The Kier molecular flexibility index (Phi) is 4.56. The van der Waals surface area contributed by atoms with Gasteiger partial charge < -0.3 is 9.47 Å². The Bertz CT molecular complexity index is 606. The van der Waals surface area contributed by atoms with E-state index < -0.39 is 0 Å². The zero-order valence-electron chi connectivity index (χ0n) is 11.5. The van der Waals surface area contributed by atoms with E-state index in [0.717, 1.165) is 11.3 Å². The van der Waals surface area contributed by atoms with Gasteiger partial charge in [0.05, 0.1) is 26.2 Å². The lowest BCUT2D eigenvalue weighted by Crippen LogP contribution is -2.03. The molecule has 0 fully saturated rings. The van der Waals surface area contributed by atoms with E-state index in [9.17, 15) is 5.26 Å². The van der Waals surface area contributed by atoms with Gasteiger partial charge in [0.25, 0.3) is 0 Å². The maximum absolute atomic E-state index is 9.38. The summed E-state index contributed by atoms with van der Waals surface area (Å²) in [5.41, 5.74) is 1.80. The number of nitrogens with zero attached hydrogens (tertiary/aromatic N) is 2. The van der Waals surface area contributed by atoms with Gasteiger partial charge in [-0.15, -0.1) is 0 Å². The molecule has 1 aromatic carbocycles. The average Bonchev–Trinajstić information content (AvgIpc) is 2.53. The molecule has 0 saturated carbocycles. The summed E-state index contributed by atoms with van der Waals surface area (Å²) in [6.45, 7) is 0. The maximum atomic E-state index is 9.38.